The van der Waals surface area contributed by atoms with Crippen LogP contribution in [-0.4, -0.2) is 88.6 Å². The number of benzene rings is 2. The number of nitrogens with one attached hydrogen (secondary N) is 1. The molecule has 5 atom stereocenters. The number of aliphatic hydroxyl groups excluding tert-OH is 3. The first-order valence-corrected chi connectivity index (χ1v) is 15.3. The molecule has 0 radical (unpaired) electrons. The van der Waals surface area contributed by atoms with Crippen molar-refractivity contribution >= 4 is 26.5 Å². The highest BCUT2D eigenvalue weighted by atomic mass is 32.2. The summed E-state index contributed by atoms with van der Waals surface area (Å²) in [4.78, 5) is -0.0749. The highest BCUT2D eigenvalue weighted by molar-refractivity contribution is 7.93. The van der Waals surface area contributed by atoms with Crippen molar-refractivity contribution < 1.29 is 41.6 Å². The Kier molecular flexibility index (Phi) is 8.09. The number of aryl methyl sites for hydroxylation is 1. The summed E-state index contributed by atoms with van der Waals surface area (Å²) >= 11 is 1.07. The Labute approximate surface area is 255 Å². The Morgan fingerprint density at radius 3 is 2.38 bits per heavy atom. The third kappa shape index (κ3) is 5.78. The number of sulfonamides is 1. The Morgan fingerprint density at radius 1 is 1.02 bits per heavy atom. The van der Waals surface area contributed by atoms with E-state index in [4.69, 9.17) is 4.74 Å². The fourth-order valence-electron chi connectivity index (χ4n) is 4.82. The van der Waals surface area contributed by atoms with Gasteiger partial charge < -0.3 is 20.1 Å². The number of aliphatic hydroxyl groups is 3. The predicted molar refractivity (Wildman–Crippen MR) is 148 cm³/mol. The van der Waals surface area contributed by atoms with Gasteiger partial charge in [0.25, 0.3) is 10.0 Å². The normalized spacial score (nSPS) is 22.1. The minimum atomic E-state index is -3.98. The van der Waals surface area contributed by atoms with Gasteiger partial charge in [0.15, 0.2) is 23.3 Å². The molecule has 1 fully saturated rings. The third-order valence-corrected chi connectivity index (χ3v) is 9.23. The number of aromatic nitrogens is 8. The molecular weight excluding hydrogens is 643 g/mol. The summed E-state index contributed by atoms with van der Waals surface area (Å²) in [5.41, 5.74) is 0.135. The first-order chi connectivity index (χ1) is 21.5. The fraction of sp³-hybridized carbons (Fsp3) is 0.280. The first-order valence-electron chi connectivity index (χ1n) is 13.0. The minimum Gasteiger partial charge on any atom is -0.394 e. The molecule has 6 rings (SSSR count). The highest BCUT2D eigenvalue weighted by Gasteiger charge is 2.48. The molecule has 1 aliphatic heterocycles. The maximum Gasteiger partial charge on any atom is 0.263 e. The van der Waals surface area contributed by atoms with E-state index in [1.807, 2.05) is 0 Å². The van der Waals surface area contributed by atoms with Gasteiger partial charge in [-0.2, -0.15) is 0 Å². The maximum absolute atomic E-state index is 13.8. The van der Waals surface area contributed by atoms with E-state index >= 15 is 0 Å². The number of halogens is 3. The van der Waals surface area contributed by atoms with E-state index in [0.717, 1.165) is 28.2 Å². The molecule has 0 aliphatic carbocycles. The van der Waals surface area contributed by atoms with Crippen molar-refractivity contribution in [2.45, 2.75) is 42.3 Å². The molecule has 1 aliphatic rings. The van der Waals surface area contributed by atoms with Gasteiger partial charge in [0, 0.05) is 11.3 Å². The number of hydrogen-bond acceptors (Lipinski definition) is 13. The third-order valence-electron chi connectivity index (χ3n) is 6.99. The van der Waals surface area contributed by atoms with Crippen LogP contribution in [0.2, 0.25) is 0 Å². The van der Waals surface area contributed by atoms with E-state index in [1.54, 1.807) is 6.92 Å². The van der Waals surface area contributed by atoms with Crippen LogP contribution in [0, 0.1) is 24.4 Å². The summed E-state index contributed by atoms with van der Waals surface area (Å²) < 4.78 is 77.3. The molecule has 0 unspecified atom stereocenters. The van der Waals surface area contributed by atoms with E-state index in [2.05, 4.69) is 35.4 Å². The van der Waals surface area contributed by atoms with Crippen molar-refractivity contribution in [3.05, 3.63) is 77.2 Å². The highest BCUT2D eigenvalue weighted by Crippen LogP contribution is 2.38. The van der Waals surface area contributed by atoms with Crippen LogP contribution in [0.15, 0.2) is 53.8 Å². The Hall–Kier alpha value is -4.34. The Morgan fingerprint density at radius 2 is 1.73 bits per heavy atom. The van der Waals surface area contributed by atoms with Gasteiger partial charge >= 0.3 is 0 Å². The van der Waals surface area contributed by atoms with Gasteiger partial charge in [-0.15, -0.1) is 25.5 Å². The van der Waals surface area contributed by atoms with Crippen LogP contribution in [0.3, 0.4) is 0 Å². The molecule has 0 spiro atoms. The molecular formula is C25H22F3N9O6S2. The average molecular weight is 666 g/mol. The van der Waals surface area contributed by atoms with Crippen molar-refractivity contribution in [3.63, 3.8) is 0 Å². The Bertz CT molecular complexity index is 1930. The van der Waals surface area contributed by atoms with Gasteiger partial charge in [0.2, 0.25) is 5.13 Å². The molecule has 20 heteroatoms. The number of rotatable bonds is 8. The summed E-state index contributed by atoms with van der Waals surface area (Å²) in [7, 11) is -3.98. The van der Waals surface area contributed by atoms with Crippen molar-refractivity contribution in [1.29, 1.82) is 0 Å². The molecule has 45 heavy (non-hydrogen) atoms. The van der Waals surface area contributed by atoms with Crippen molar-refractivity contribution in [1.82, 2.24) is 40.0 Å². The second-order valence-electron chi connectivity index (χ2n) is 9.87. The second kappa shape index (κ2) is 11.9. The minimum absolute atomic E-state index is 0.0268. The average Bonchev–Trinajstić information content (AvgIpc) is 3.78. The van der Waals surface area contributed by atoms with E-state index < -0.39 is 64.5 Å². The molecule has 4 N–H and O–H groups in total. The van der Waals surface area contributed by atoms with E-state index in [-0.39, 0.29) is 27.1 Å². The lowest BCUT2D eigenvalue weighted by atomic mass is 9.92. The van der Waals surface area contributed by atoms with Crippen LogP contribution in [0.4, 0.5) is 18.3 Å². The lowest BCUT2D eigenvalue weighted by Gasteiger charge is -2.41. The maximum atomic E-state index is 13.8. The molecule has 0 bridgehead atoms. The van der Waals surface area contributed by atoms with Crippen LogP contribution in [0.1, 0.15) is 23.0 Å². The lowest BCUT2D eigenvalue weighted by molar-refractivity contribution is -0.210. The molecule has 236 valence electrons. The van der Waals surface area contributed by atoms with Crippen LogP contribution in [-0.2, 0) is 14.8 Å². The quantitative estimate of drug-likeness (QED) is 0.173. The van der Waals surface area contributed by atoms with Gasteiger partial charge in [-0.1, -0.05) is 16.6 Å². The zero-order valence-corrected chi connectivity index (χ0v) is 24.4. The van der Waals surface area contributed by atoms with E-state index in [0.29, 0.717) is 10.7 Å². The SMILES string of the molecule is Cc1nnc(NS(=O)(=O)c2ccc(-n3cnnc3[C@@H]3O[C@H](CO)[C@H](O)[C@H](n4cc(-c5cc(F)c(F)c(F)c5)nn4)[C@H]3O)cc2)s1. The zero-order valence-electron chi connectivity index (χ0n) is 22.8. The van der Waals surface area contributed by atoms with Crippen LogP contribution >= 0.6 is 11.3 Å². The topological polar surface area (TPSA) is 203 Å². The summed E-state index contributed by atoms with van der Waals surface area (Å²) in [6.45, 7) is 1.00. The second-order valence-corrected chi connectivity index (χ2v) is 12.7. The number of ether oxygens (including phenoxy) is 1. The predicted octanol–water partition coefficient (Wildman–Crippen LogP) is 1.30. The van der Waals surface area contributed by atoms with Crippen LogP contribution in [0.25, 0.3) is 16.9 Å². The van der Waals surface area contributed by atoms with Gasteiger partial charge in [-0.3, -0.25) is 9.29 Å². The lowest BCUT2D eigenvalue weighted by Crippen LogP contribution is -2.53. The van der Waals surface area contributed by atoms with Gasteiger partial charge in [0.05, 0.1) is 17.7 Å². The molecule has 2 aromatic carbocycles. The summed E-state index contributed by atoms with van der Waals surface area (Å²) in [6.07, 6.45) is -3.25. The molecule has 15 nitrogen and oxygen atoms in total. The summed E-state index contributed by atoms with van der Waals surface area (Å²) in [5.74, 6) is -4.52. The summed E-state index contributed by atoms with van der Waals surface area (Å²) in [5, 5.41) is 56.2. The van der Waals surface area contributed by atoms with Gasteiger partial charge in [-0.05, 0) is 43.3 Å². The number of anilines is 1. The molecule has 4 heterocycles. The molecule has 1 saturated heterocycles. The fourth-order valence-corrected chi connectivity index (χ4v) is 6.64. The zero-order chi connectivity index (χ0) is 32.0. The van der Waals surface area contributed by atoms with E-state index in [9.17, 15) is 36.9 Å². The van der Waals surface area contributed by atoms with Crippen molar-refractivity contribution in [2.24, 2.45) is 0 Å². The van der Waals surface area contributed by atoms with Crippen LogP contribution in [0.5, 0.6) is 0 Å². The van der Waals surface area contributed by atoms with Gasteiger partial charge in [-0.25, -0.2) is 26.3 Å². The molecule has 0 amide bonds. The van der Waals surface area contributed by atoms with Crippen LogP contribution < -0.4 is 4.72 Å². The standard InChI is InChI=1S/C25H22F3N9O6S2/c1-11-30-33-25(44-11)34-45(41,42)14-4-2-13(3-5-14)36-10-29-32-24(36)23-22(40)20(21(39)18(9-38)43-23)37-8-17(31-35-37)12-6-15(26)19(28)16(27)7-12/h2-8,10,18,20-23,38-40H,9H2,1H3,(H,33,34)/t18-,20+,21+,22-,23-/m1/s1. The largest absolute Gasteiger partial charge is 0.394 e. The number of hydrogen-bond donors (Lipinski definition) is 4. The molecule has 5 aromatic rings. The van der Waals surface area contributed by atoms with Crippen molar-refractivity contribution in [3.8, 4) is 16.9 Å². The van der Waals surface area contributed by atoms with Gasteiger partial charge in [0.1, 0.15) is 47.5 Å². The molecule has 0 saturated carbocycles. The molecule has 3 aromatic heterocycles. The Balaban J connectivity index is 1.29. The smallest absolute Gasteiger partial charge is 0.263 e. The monoisotopic (exact) mass is 665 g/mol. The summed E-state index contributed by atoms with van der Waals surface area (Å²) in [6, 6.07) is 5.70. The first kappa shape index (κ1) is 30.7. The van der Waals surface area contributed by atoms with Crippen molar-refractivity contribution in [2.75, 3.05) is 11.3 Å². The number of nitrogens with zero attached hydrogens (tertiary/aromatic N) is 8. The van der Waals surface area contributed by atoms with E-state index in [1.165, 1.54) is 41.4 Å².